The largest absolute Gasteiger partial charge is 0.436 e. The van der Waals surface area contributed by atoms with Crippen molar-refractivity contribution in [1.29, 1.82) is 0 Å². The van der Waals surface area contributed by atoms with E-state index < -0.39 is 0 Å². The van der Waals surface area contributed by atoms with Crippen molar-refractivity contribution in [2.75, 3.05) is 5.32 Å². The Hall–Kier alpha value is -3.34. The molecule has 1 aliphatic heterocycles. The molecule has 5 nitrogen and oxygen atoms in total. The molecule has 0 bridgehead atoms. The fourth-order valence-electron chi connectivity index (χ4n) is 3.93. The second-order valence-corrected chi connectivity index (χ2v) is 7.84. The van der Waals surface area contributed by atoms with Crippen LogP contribution >= 0.6 is 0 Å². The van der Waals surface area contributed by atoms with Crippen LogP contribution in [-0.4, -0.2) is 14.8 Å². The molecule has 0 radical (unpaired) electrons. The van der Waals surface area contributed by atoms with Gasteiger partial charge in [-0.05, 0) is 25.8 Å². The molecule has 1 unspecified atom stereocenters. The van der Waals surface area contributed by atoms with Crippen molar-refractivity contribution in [1.82, 2.24) is 14.8 Å². The zero-order valence-electron chi connectivity index (χ0n) is 16.0. The van der Waals surface area contributed by atoms with Crippen molar-refractivity contribution < 1.29 is 4.42 Å². The van der Waals surface area contributed by atoms with Gasteiger partial charge in [0, 0.05) is 5.56 Å². The van der Waals surface area contributed by atoms with E-state index in [0.717, 1.165) is 29.1 Å². The van der Waals surface area contributed by atoms with E-state index in [1.54, 1.807) is 6.20 Å². The first kappa shape index (κ1) is 16.8. The Morgan fingerprint density at radius 1 is 1.00 bits per heavy atom. The molecular weight excluding hydrogens is 348 g/mol. The summed E-state index contributed by atoms with van der Waals surface area (Å²) in [6.45, 7) is 4.43. The predicted octanol–water partition coefficient (Wildman–Crippen LogP) is 5.50. The Balaban J connectivity index is 1.54. The minimum absolute atomic E-state index is 0.117. The maximum Gasteiger partial charge on any atom is 0.232 e. The summed E-state index contributed by atoms with van der Waals surface area (Å²) in [6, 6.07) is 20.8. The molecule has 28 heavy (non-hydrogen) atoms. The van der Waals surface area contributed by atoms with Gasteiger partial charge in [-0.2, -0.15) is 5.10 Å². The number of fused-ring (bicyclic) bond motifs is 1. The highest BCUT2D eigenvalue weighted by Gasteiger charge is 2.36. The van der Waals surface area contributed by atoms with E-state index in [-0.39, 0.29) is 11.6 Å². The van der Waals surface area contributed by atoms with Crippen LogP contribution in [-0.2, 0) is 5.54 Å². The number of nitrogens with zero attached hydrogens (tertiary/aromatic N) is 3. The van der Waals surface area contributed by atoms with Gasteiger partial charge in [0.25, 0.3) is 0 Å². The number of hydrogen-bond acceptors (Lipinski definition) is 4. The Kier molecular flexibility index (Phi) is 3.83. The summed E-state index contributed by atoms with van der Waals surface area (Å²) in [6.07, 6.45) is 4.57. The SMILES string of the molecule is CC1(C)CC(c2ccccc2)Nc2c(-c3ncc(-c4ccccc4)o3)cnn21. The summed E-state index contributed by atoms with van der Waals surface area (Å²) < 4.78 is 8.13. The summed E-state index contributed by atoms with van der Waals surface area (Å²) in [5.74, 6) is 2.29. The number of benzene rings is 2. The third-order valence-corrected chi connectivity index (χ3v) is 5.35. The Bertz CT molecular complexity index is 1100. The maximum absolute atomic E-state index is 6.08. The molecule has 4 aromatic rings. The van der Waals surface area contributed by atoms with Crippen molar-refractivity contribution >= 4 is 5.82 Å². The predicted molar refractivity (Wildman–Crippen MR) is 110 cm³/mol. The van der Waals surface area contributed by atoms with Gasteiger partial charge in [0.15, 0.2) is 5.76 Å². The highest BCUT2D eigenvalue weighted by atomic mass is 16.4. The molecule has 2 aromatic carbocycles. The molecule has 2 aromatic heterocycles. The summed E-state index contributed by atoms with van der Waals surface area (Å²) in [5.41, 5.74) is 3.05. The lowest BCUT2D eigenvalue weighted by atomic mass is 9.89. The smallest absolute Gasteiger partial charge is 0.232 e. The fourth-order valence-corrected chi connectivity index (χ4v) is 3.93. The summed E-state index contributed by atoms with van der Waals surface area (Å²) in [5, 5.41) is 8.32. The van der Waals surface area contributed by atoms with Crippen molar-refractivity contribution in [3.8, 4) is 22.8 Å². The van der Waals surface area contributed by atoms with Crippen LogP contribution in [0.4, 0.5) is 5.82 Å². The molecule has 1 aliphatic rings. The molecule has 5 rings (SSSR count). The summed E-state index contributed by atoms with van der Waals surface area (Å²) in [7, 11) is 0. The highest BCUT2D eigenvalue weighted by Crippen LogP contribution is 2.42. The first-order valence-electron chi connectivity index (χ1n) is 9.53. The van der Waals surface area contributed by atoms with Crippen molar-refractivity contribution in [3.63, 3.8) is 0 Å². The number of anilines is 1. The molecule has 0 amide bonds. The van der Waals surface area contributed by atoms with Gasteiger partial charge in [-0.1, -0.05) is 60.7 Å². The molecule has 140 valence electrons. The Morgan fingerprint density at radius 3 is 2.46 bits per heavy atom. The van der Waals surface area contributed by atoms with Crippen molar-refractivity contribution in [3.05, 3.63) is 78.6 Å². The van der Waals surface area contributed by atoms with Crippen LogP contribution in [0.2, 0.25) is 0 Å². The van der Waals surface area contributed by atoms with Crippen molar-refractivity contribution in [2.45, 2.75) is 31.8 Å². The Morgan fingerprint density at radius 2 is 1.71 bits per heavy atom. The lowest BCUT2D eigenvalue weighted by Crippen LogP contribution is -2.37. The second kappa shape index (κ2) is 6.37. The van der Waals surface area contributed by atoms with Crippen LogP contribution < -0.4 is 5.32 Å². The lowest BCUT2D eigenvalue weighted by Gasteiger charge is -2.38. The van der Waals surface area contributed by atoms with Crippen LogP contribution in [0.1, 0.15) is 31.9 Å². The Labute approximate surface area is 164 Å². The van der Waals surface area contributed by atoms with Crippen LogP contribution in [0, 0.1) is 0 Å². The topological polar surface area (TPSA) is 55.9 Å². The van der Waals surface area contributed by atoms with Gasteiger partial charge in [0.05, 0.1) is 29.5 Å². The average molecular weight is 370 g/mol. The molecule has 0 fully saturated rings. The van der Waals surface area contributed by atoms with E-state index in [2.05, 4.69) is 53.5 Å². The van der Waals surface area contributed by atoms with E-state index in [1.807, 2.05) is 47.3 Å². The average Bonchev–Trinajstić information content (AvgIpc) is 3.36. The van der Waals surface area contributed by atoms with Gasteiger partial charge in [0.2, 0.25) is 5.89 Å². The monoisotopic (exact) mass is 370 g/mol. The number of nitrogens with one attached hydrogen (secondary N) is 1. The van der Waals surface area contributed by atoms with E-state index in [1.165, 1.54) is 5.56 Å². The van der Waals surface area contributed by atoms with Crippen LogP contribution in [0.5, 0.6) is 0 Å². The van der Waals surface area contributed by atoms with E-state index in [4.69, 9.17) is 4.42 Å². The minimum Gasteiger partial charge on any atom is -0.436 e. The minimum atomic E-state index is -0.117. The van der Waals surface area contributed by atoms with Crippen LogP contribution in [0.3, 0.4) is 0 Å². The van der Waals surface area contributed by atoms with Gasteiger partial charge >= 0.3 is 0 Å². The summed E-state index contributed by atoms with van der Waals surface area (Å²) in [4.78, 5) is 4.53. The zero-order valence-corrected chi connectivity index (χ0v) is 16.0. The fraction of sp³-hybridized carbons (Fsp3) is 0.217. The number of aromatic nitrogens is 3. The van der Waals surface area contributed by atoms with E-state index in [0.29, 0.717) is 5.89 Å². The number of hydrogen-bond donors (Lipinski definition) is 1. The summed E-state index contributed by atoms with van der Waals surface area (Å²) >= 11 is 0. The van der Waals surface area contributed by atoms with Gasteiger partial charge in [-0.3, -0.25) is 0 Å². The highest BCUT2D eigenvalue weighted by molar-refractivity contribution is 5.71. The number of oxazole rings is 1. The molecule has 0 saturated heterocycles. The zero-order chi connectivity index (χ0) is 19.1. The first-order valence-corrected chi connectivity index (χ1v) is 9.53. The van der Waals surface area contributed by atoms with Gasteiger partial charge < -0.3 is 9.73 Å². The molecule has 1 atom stereocenters. The van der Waals surface area contributed by atoms with Gasteiger partial charge in [0.1, 0.15) is 5.82 Å². The van der Waals surface area contributed by atoms with E-state index >= 15 is 0 Å². The molecule has 5 heteroatoms. The second-order valence-electron chi connectivity index (χ2n) is 7.84. The number of rotatable bonds is 3. The van der Waals surface area contributed by atoms with E-state index in [9.17, 15) is 0 Å². The standard InChI is InChI=1S/C23H22N4O/c1-23(2)13-19(16-9-5-3-6-10-16)26-21-18(14-25-27(21)23)22-24-15-20(28-22)17-11-7-4-8-12-17/h3-12,14-15,19,26H,13H2,1-2H3. The first-order chi connectivity index (χ1) is 13.6. The van der Waals surface area contributed by atoms with Gasteiger partial charge in [-0.25, -0.2) is 9.67 Å². The van der Waals surface area contributed by atoms with Gasteiger partial charge in [-0.15, -0.1) is 0 Å². The third-order valence-electron chi connectivity index (χ3n) is 5.35. The van der Waals surface area contributed by atoms with Crippen LogP contribution in [0.15, 0.2) is 77.5 Å². The molecule has 0 spiro atoms. The molecular formula is C23H22N4O. The normalized spacial score (nSPS) is 17.7. The molecule has 1 N–H and O–H groups in total. The molecule has 0 aliphatic carbocycles. The third kappa shape index (κ3) is 2.80. The molecule has 0 saturated carbocycles. The molecule has 3 heterocycles. The van der Waals surface area contributed by atoms with Crippen molar-refractivity contribution in [2.24, 2.45) is 0 Å². The lowest BCUT2D eigenvalue weighted by molar-refractivity contribution is 0.263. The quantitative estimate of drug-likeness (QED) is 0.517. The van der Waals surface area contributed by atoms with Crippen LogP contribution in [0.25, 0.3) is 22.8 Å². The maximum atomic E-state index is 6.08.